The quantitative estimate of drug-likeness (QED) is 0.720. The molecule has 0 saturated carbocycles. The molecule has 24 heavy (non-hydrogen) atoms. The number of pyridine rings is 1. The molecule has 2 aromatic heterocycles. The summed E-state index contributed by atoms with van der Waals surface area (Å²) in [7, 11) is 0. The maximum Gasteiger partial charge on any atom is 0.260 e. The molecule has 0 spiro atoms. The summed E-state index contributed by atoms with van der Waals surface area (Å²) in [6.45, 7) is 1.51. The Morgan fingerprint density at radius 3 is 3.00 bits per heavy atom. The van der Waals surface area contributed by atoms with Crippen LogP contribution in [-0.4, -0.2) is 39.0 Å². The number of aromatic nitrogens is 4. The van der Waals surface area contributed by atoms with Crippen LogP contribution in [0.1, 0.15) is 15.9 Å². The monoisotopic (exact) mass is 321 g/mol. The minimum atomic E-state index is -0.109. The first-order valence-electron chi connectivity index (χ1n) is 7.62. The van der Waals surface area contributed by atoms with Gasteiger partial charge in [-0.25, -0.2) is 4.68 Å². The predicted octanol–water partition coefficient (Wildman–Crippen LogP) is 1.84. The van der Waals surface area contributed by atoms with E-state index in [9.17, 15) is 4.79 Å². The zero-order valence-electron chi connectivity index (χ0n) is 12.9. The van der Waals surface area contributed by atoms with Gasteiger partial charge >= 0.3 is 0 Å². The highest BCUT2D eigenvalue weighted by Crippen LogP contribution is 2.25. The Morgan fingerprint density at radius 1 is 1.21 bits per heavy atom. The Hall–Kier alpha value is -3.06. The zero-order valence-corrected chi connectivity index (χ0v) is 12.9. The Balaban J connectivity index is 1.70. The van der Waals surface area contributed by atoms with Crippen molar-refractivity contribution in [2.75, 3.05) is 18.1 Å². The average Bonchev–Trinajstić information content (AvgIpc) is 3.08. The summed E-state index contributed by atoms with van der Waals surface area (Å²) in [5, 5.41) is 7.71. The van der Waals surface area contributed by atoms with Crippen LogP contribution in [0.25, 0.3) is 5.69 Å². The van der Waals surface area contributed by atoms with Gasteiger partial charge in [-0.05, 0) is 12.1 Å². The number of hydrogen-bond donors (Lipinski definition) is 0. The molecule has 0 atom stereocenters. The number of rotatable bonds is 2. The summed E-state index contributed by atoms with van der Waals surface area (Å²) in [5.74, 6) is -0.109. The number of hydrogen-bond acceptors (Lipinski definition) is 5. The number of nitrogens with zero attached hydrogens (tertiary/aromatic N) is 5. The Kier molecular flexibility index (Phi) is 3.76. The molecule has 1 aliphatic heterocycles. The summed E-state index contributed by atoms with van der Waals surface area (Å²) < 4.78 is 7.16. The fourth-order valence-electron chi connectivity index (χ4n) is 2.74. The number of carbonyl (C=O) groups excluding carboxylic acids is 1. The van der Waals surface area contributed by atoms with Crippen LogP contribution in [-0.2, 0) is 11.3 Å². The first kappa shape index (κ1) is 14.5. The highest BCUT2D eigenvalue weighted by Gasteiger charge is 2.23. The molecule has 0 aliphatic carbocycles. The lowest BCUT2D eigenvalue weighted by Gasteiger charge is -2.22. The topological polar surface area (TPSA) is 73.1 Å². The molecule has 0 N–H and O–H groups in total. The zero-order chi connectivity index (χ0) is 16.4. The van der Waals surface area contributed by atoms with Gasteiger partial charge < -0.3 is 9.64 Å². The number of para-hydroxylation sites is 1. The van der Waals surface area contributed by atoms with Crippen molar-refractivity contribution in [3.63, 3.8) is 0 Å². The van der Waals surface area contributed by atoms with Crippen molar-refractivity contribution in [1.82, 2.24) is 20.0 Å². The molecule has 0 saturated heterocycles. The summed E-state index contributed by atoms with van der Waals surface area (Å²) in [6.07, 6.45) is 6.50. The van der Waals surface area contributed by atoms with Gasteiger partial charge in [-0.1, -0.05) is 23.4 Å². The fraction of sp³-hybridized carbons (Fsp3) is 0.176. The molecule has 1 aromatic carbocycles. The molecule has 0 bridgehead atoms. The molecule has 0 unspecified atom stereocenters. The third-order valence-electron chi connectivity index (χ3n) is 3.90. The number of benzene rings is 1. The van der Waals surface area contributed by atoms with E-state index in [1.54, 1.807) is 40.4 Å². The van der Waals surface area contributed by atoms with Crippen molar-refractivity contribution >= 4 is 11.6 Å². The fourth-order valence-corrected chi connectivity index (χ4v) is 2.74. The van der Waals surface area contributed by atoms with Crippen molar-refractivity contribution < 1.29 is 9.53 Å². The van der Waals surface area contributed by atoms with Gasteiger partial charge in [0.2, 0.25) is 0 Å². The van der Waals surface area contributed by atoms with Crippen LogP contribution in [0.4, 0.5) is 5.69 Å². The maximum atomic E-state index is 13.0. The first-order valence-corrected chi connectivity index (χ1v) is 7.62. The van der Waals surface area contributed by atoms with Gasteiger partial charge in [0.1, 0.15) is 0 Å². The van der Waals surface area contributed by atoms with E-state index >= 15 is 0 Å². The van der Waals surface area contributed by atoms with Crippen molar-refractivity contribution in [2.45, 2.75) is 6.61 Å². The maximum absolute atomic E-state index is 13.0. The molecular formula is C17H15N5O2. The number of anilines is 1. The molecule has 120 valence electrons. The van der Waals surface area contributed by atoms with Crippen LogP contribution >= 0.6 is 0 Å². The largest absolute Gasteiger partial charge is 0.375 e. The molecule has 0 fully saturated rings. The van der Waals surface area contributed by atoms with Crippen molar-refractivity contribution in [3.8, 4) is 5.69 Å². The molecule has 4 rings (SSSR count). The van der Waals surface area contributed by atoms with Crippen LogP contribution < -0.4 is 4.90 Å². The van der Waals surface area contributed by atoms with Gasteiger partial charge in [-0.3, -0.25) is 9.78 Å². The first-order chi connectivity index (χ1) is 11.8. The van der Waals surface area contributed by atoms with Crippen LogP contribution in [0.3, 0.4) is 0 Å². The van der Waals surface area contributed by atoms with E-state index in [0.717, 1.165) is 11.3 Å². The Bertz CT molecular complexity index is 863. The van der Waals surface area contributed by atoms with E-state index in [4.69, 9.17) is 4.74 Å². The van der Waals surface area contributed by atoms with E-state index in [-0.39, 0.29) is 5.91 Å². The lowest BCUT2D eigenvalue weighted by atomic mass is 10.1. The van der Waals surface area contributed by atoms with Crippen LogP contribution in [0, 0.1) is 0 Å². The van der Waals surface area contributed by atoms with Gasteiger partial charge in [0.25, 0.3) is 5.91 Å². The SMILES string of the molecule is O=C(c1cncc(-n2ccnn2)c1)N1CCOCc2ccccc21. The summed E-state index contributed by atoms with van der Waals surface area (Å²) in [4.78, 5) is 18.9. The minimum Gasteiger partial charge on any atom is -0.375 e. The van der Waals surface area contributed by atoms with Crippen molar-refractivity contribution in [2.24, 2.45) is 0 Å². The van der Waals surface area contributed by atoms with Crippen molar-refractivity contribution in [1.29, 1.82) is 0 Å². The van der Waals surface area contributed by atoms with E-state index < -0.39 is 0 Å². The van der Waals surface area contributed by atoms with Gasteiger partial charge in [0.05, 0.1) is 43.1 Å². The van der Waals surface area contributed by atoms with E-state index in [1.807, 2.05) is 24.3 Å². The molecule has 0 radical (unpaired) electrons. The molecule has 3 aromatic rings. The Morgan fingerprint density at radius 2 is 2.12 bits per heavy atom. The summed E-state index contributed by atoms with van der Waals surface area (Å²) >= 11 is 0. The molecule has 7 nitrogen and oxygen atoms in total. The molecular weight excluding hydrogens is 306 g/mol. The summed E-state index contributed by atoms with van der Waals surface area (Å²) in [6, 6.07) is 9.55. The second kappa shape index (κ2) is 6.21. The molecule has 1 aliphatic rings. The average molecular weight is 321 g/mol. The molecule has 7 heteroatoms. The highest BCUT2D eigenvalue weighted by atomic mass is 16.5. The second-order valence-corrected chi connectivity index (χ2v) is 5.42. The summed E-state index contributed by atoms with van der Waals surface area (Å²) in [5.41, 5.74) is 3.08. The third kappa shape index (κ3) is 2.65. The van der Waals surface area contributed by atoms with E-state index in [2.05, 4.69) is 15.3 Å². The highest BCUT2D eigenvalue weighted by molar-refractivity contribution is 6.06. The lowest BCUT2D eigenvalue weighted by molar-refractivity contribution is 0.0965. The van der Waals surface area contributed by atoms with Gasteiger partial charge in [-0.15, -0.1) is 5.10 Å². The van der Waals surface area contributed by atoms with Crippen LogP contribution in [0.15, 0.2) is 55.1 Å². The molecule has 3 heterocycles. The van der Waals surface area contributed by atoms with Gasteiger partial charge in [-0.2, -0.15) is 0 Å². The van der Waals surface area contributed by atoms with Crippen LogP contribution in [0.5, 0.6) is 0 Å². The van der Waals surface area contributed by atoms with E-state index in [0.29, 0.717) is 31.0 Å². The third-order valence-corrected chi connectivity index (χ3v) is 3.90. The van der Waals surface area contributed by atoms with Crippen molar-refractivity contribution in [3.05, 3.63) is 66.2 Å². The Labute approximate surface area is 138 Å². The predicted molar refractivity (Wildman–Crippen MR) is 86.9 cm³/mol. The van der Waals surface area contributed by atoms with Gasteiger partial charge in [0.15, 0.2) is 0 Å². The number of carbonyl (C=O) groups is 1. The smallest absolute Gasteiger partial charge is 0.260 e. The van der Waals surface area contributed by atoms with E-state index in [1.165, 1.54) is 0 Å². The number of amides is 1. The number of ether oxygens (including phenoxy) is 1. The number of fused-ring (bicyclic) bond motifs is 1. The normalized spacial score (nSPS) is 14.1. The minimum absolute atomic E-state index is 0.109. The standard InChI is InChI=1S/C17H15N5O2/c23-17(14-9-15(11-18-10-14)22-6-5-19-20-22)21-7-8-24-12-13-3-1-2-4-16(13)21/h1-6,9-11H,7-8,12H2. The molecule has 1 amide bonds. The lowest BCUT2D eigenvalue weighted by Crippen LogP contribution is -2.33. The van der Waals surface area contributed by atoms with Gasteiger partial charge in [0, 0.05) is 24.0 Å². The van der Waals surface area contributed by atoms with Crippen LogP contribution in [0.2, 0.25) is 0 Å². The second-order valence-electron chi connectivity index (χ2n) is 5.42.